The summed E-state index contributed by atoms with van der Waals surface area (Å²) in [6.07, 6.45) is -0.437. The van der Waals surface area contributed by atoms with E-state index in [1.54, 1.807) is 18.2 Å². The maximum atomic E-state index is 10.8. The molecule has 1 aromatic carbocycles. The van der Waals surface area contributed by atoms with E-state index in [-0.39, 0.29) is 6.61 Å². The second kappa shape index (κ2) is 3.04. The van der Waals surface area contributed by atoms with Gasteiger partial charge in [-0.15, -0.1) is 0 Å². The van der Waals surface area contributed by atoms with Gasteiger partial charge in [0.25, 0.3) is 0 Å². The number of nitrogens with two attached hydrogens (primary N) is 1. The Hall–Kier alpha value is -1.59. The zero-order valence-electron chi connectivity index (χ0n) is 6.78. The third kappa shape index (κ3) is 1.47. The number of ether oxygens (including phenoxy) is 1. The predicted octanol–water partition coefficient (Wildman–Crippen LogP) is 0.333. The van der Waals surface area contributed by atoms with Crippen LogP contribution in [0.4, 0.5) is 16.2 Å². The fourth-order valence-electron chi connectivity index (χ4n) is 1.22. The van der Waals surface area contributed by atoms with Crippen LogP contribution >= 0.6 is 0 Å². The van der Waals surface area contributed by atoms with Crippen LogP contribution in [-0.4, -0.2) is 11.3 Å². The van der Waals surface area contributed by atoms with Crippen LogP contribution in [0.25, 0.3) is 0 Å². The minimum Gasteiger partial charge on any atom is -0.444 e. The topological polar surface area (TPSA) is 75.2 Å². The number of nitrogens with one attached hydrogen (secondary N) is 1. The minimum atomic E-state index is -0.437. The number of hydrogen-bond acceptors (Lipinski definition) is 3. The first kappa shape index (κ1) is 8.03. The molecule has 0 aliphatic carbocycles. The molecule has 1 aliphatic rings. The molecule has 1 aromatic rings. The van der Waals surface area contributed by atoms with Crippen LogP contribution in [0.3, 0.4) is 0 Å². The molecule has 0 atom stereocenters. The fraction of sp³-hybridized carbons (Fsp3) is 0.125. The Balaban J connectivity index is 2.36. The predicted molar refractivity (Wildman–Crippen MR) is 43.6 cm³/mol. The highest BCUT2D eigenvalue weighted by atomic mass is 16.5. The Kier molecular flexibility index (Phi) is 1.88. The molecule has 1 heterocycles. The molecule has 4 N–H and O–H groups in total. The highest BCUT2D eigenvalue weighted by molar-refractivity contribution is 5.87. The van der Waals surface area contributed by atoms with Gasteiger partial charge in [0.05, 0.1) is 5.69 Å². The first-order valence-electron chi connectivity index (χ1n) is 3.84. The first-order valence-corrected chi connectivity index (χ1v) is 3.84. The minimum absolute atomic E-state index is 0.253. The van der Waals surface area contributed by atoms with Crippen LogP contribution in [0.2, 0.25) is 0 Å². The Morgan fingerprint density at radius 3 is 3.15 bits per heavy atom. The fourth-order valence-corrected chi connectivity index (χ4v) is 1.22. The highest BCUT2D eigenvalue weighted by Gasteiger charge is 2.16. The molecule has 0 radical (unpaired) electrons. The van der Waals surface area contributed by atoms with E-state index in [4.69, 9.17) is 9.94 Å². The van der Waals surface area contributed by atoms with Crippen molar-refractivity contribution in [1.29, 1.82) is 0 Å². The Bertz CT molecular complexity index is 351. The molecule has 0 saturated heterocycles. The number of amides is 1. The van der Waals surface area contributed by atoms with Crippen molar-refractivity contribution >= 4 is 17.5 Å². The number of carbonyl (C=O) groups is 1. The molecule has 5 nitrogen and oxygen atoms in total. The van der Waals surface area contributed by atoms with Crippen molar-refractivity contribution in [2.75, 3.05) is 5.32 Å². The van der Waals surface area contributed by atoms with E-state index in [2.05, 4.69) is 5.32 Å². The van der Waals surface area contributed by atoms with E-state index in [1.807, 2.05) is 0 Å². The van der Waals surface area contributed by atoms with Gasteiger partial charge in [-0.1, -0.05) is 0 Å². The Labute approximate surface area is 74.3 Å². The molecule has 0 unspecified atom stereocenters. The monoisotopic (exact) mass is 181 g/mol. The summed E-state index contributed by atoms with van der Waals surface area (Å²) in [7, 11) is 0. The lowest BCUT2D eigenvalue weighted by atomic mass is 10.1. The lowest BCUT2D eigenvalue weighted by molar-refractivity contribution is -0.825. The van der Waals surface area contributed by atoms with Gasteiger partial charge in [-0.25, -0.2) is 10.0 Å². The largest absolute Gasteiger partial charge is 0.444 e. The summed E-state index contributed by atoms with van der Waals surface area (Å²) in [5.41, 5.74) is 3.30. The van der Waals surface area contributed by atoms with Gasteiger partial charge in [0.1, 0.15) is 6.61 Å². The van der Waals surface area contributed by atoms with E-state index >= 15 is 0 Å². The highest BCUT2D eigenvalue weighted by Crippen LogP contribution is 2.22. The lowest BCUT2D eigenvalue weighted by Gasteiger charge is -2.16. The molecule has 1 aliphatic heterocycles. The second-order valence-electron chi connectivity index (χ2n) is 2.75. The molecular formula is C8H9N2O3+. The Morgan fingerprint density at radius 2 is 2.38 bits per heavy atom. The van der Waals surface area contributed by atoms with Crippen molar-refractivity contribution < 1.29 is 20.2 Å². The molecule has 0 spiro atoms. The first-order chi connectivity index (χ1) is 6.29. The number of rotatable bonds is 1. The summed E-state index contributed by atoms with van der Waals surface area (Å²) in [6, 6.07) is 5.21. The molecule has 2 rings (SSSR count). The van der Waals surface area contributed by atoms with Crippen molar-refractivity contribution in [1.82, 2.24) is 0 Å². The average Bonchev–Trinajstić information content (AvgIpc) is 2.17. The third-order valence-corrected chi connectivity index (χ3v) is 1.87. The number of carbonyl (C=O) groups excluding carboxylic acids is 1. The van der Waals surface area contributed by atoms with Crippen LogP contribution in [0.1, 0.15) is 5.56 Å². The van der Waals surface area contributed by atoms with Crippen LogP contribution in [-0.2, 0) is 11.3 Å². The van der Waals surface area contributed by atoms with E-state index < -0.39 is 6.09 Å². The number of anilines is 1. The average molecular weight is 181 g/mol. The van der Waals surface area contributed by atoms with Crippen molar-refractivity contribution in [2.45, 2.75) is 6.61 Å². The molecular weight excluding hydrogens is 172 g/mol. The van der Waals surface area contributed by atoms with Crippen molar-refractivity contribution in [3.8, 4) is 0 Å². The summed E-state index contributed by atoms with van der Waals surface area (Å²) in [6.45, 7) is 0.253. The third-order valence-electron chi connectivity index (χ3n) is 1.87. The summed E-state index contributed by atoms with van der Waals surface area (Å²) in [5, 5.41) is 11.3. The molecule has 68 valence electrons. The van der Waals surface area contributed by atoms with E-state index in [9.17, 15) is 4.79 Å². The van der Waals surface area contributed by atoms with Crippen LogP contribution in [0, 0.1) is 0 Å². The SMILES string of the molecule is O=C1Nc2ccc([NH2+]O)cc2CO1. The number of fused-ring (bicyclic) bond motifs is 1. The Morgan fingerprint density at radius 1 is 1.54 bits per heavy atom. The van der Waals surface area contributed by atoms with Crippen molar-refractivity contribution in [3.63, 3.8) is 0 Å². The van der Waals surface area contributed by atoms with Crippen LogP contribution < -0.4 is 10.8 Å². The lowest BCUT2D eigenvalue weighted by Crippen LogP contribution is -2.73. The van der Waals surface area contributed by atoms with Gasteiger partial charge in [0.15, 0.2) is 5.69 Å². The van der Waals surface area contributed by atoms with Crippen LogP contribution in [0.5, 0.6) is 0 Å². The van der Waals surface area contributed by atoms with Gasteiger partial charge < -0.3 is 4.74 Å². The number of quaternary nitrogens is 1. The van der Waals surface area contributed by atoms with Crippen molar-refractivity contribution in [2.24, 2.45) is 0 Å². The van der Waals surface area contributed by atoms with Gasteiger partial charge in [-0.3, -0.25) is 5.32 Å². The van der Waals surface area contributed by atoms with Gasteiger partial charge in [-0.05, 0) is 6.07 Å². The standard InChI is InChI=1S/C8H8N2O3/c11-8-9-7-2-1-6(10-12)3-5(7)4-13-8/h1-3,10,12H,4H2,(H,9,11)/p+1. The number of benzene rings is 1. The van der Waals surface area contributed by atoms with Gasteiger partial charge >= 0.3 is 6.09 Å². The zero-order chi connectivity index (χ0) is 9.26. The normalized spacial score (nSPS) is 14.4. The number of cyclic esters (lactones) is 1. The van der Waals surface area contributed by atoms with E-state index in [0.717, 1.165) is 16.7 Å². The van der Waals surface area contributed by atoms with Gasteiger partial charge in [0.2, 0.25) is 0 Å². The smallest absolute Gasteiger partial charge is 0.411 e. The molecule has 13 heavy (non-hydrogen) atoms. The maximum absolute atomic E-state index is 10.8. The summed E-state index contributed by atoms with van der Waals surface area (Å²) >= 11 is 0. The molecule has 0 fully saturated rings. The van der Waals surface area contributed by atoms with Crippen molar-refractivity contribution in [3.05, 3.63) is 23.8 Å². The summed E-state index contributed by atoms with van der Waals surface area (Å²) < 4.78 is 4.76. The van der Waals surface area contributed by atoms with Crippen LogP contribution in [0.15, 0.2) is 18.2 Å². The van der Waals surface area contributed by atoms with E-state index in [0.29, 0.717) is 5.69 Å². The molecule has 0 saturated carbocycles. The molecule has 0 aromatic heterocycles. The number of hydrogen-bond donors (Lipinski definition) is 3. The van der Waals surface area contributed by atoms with E-state index in [1.165, 1.54) is 0 Å². The maximum Gasteiger partial charge on any atom is 0.411 e. The van der Waals surface area contributed by atoms with Gasteiger partial charge in [-0.2, -0.15) is 5.48 Å². The summed E-state index contributed by atoms with van der Waals surface area (Å²) in [5.74, 6) is 0. The van der Waals surface area contributed by atoms with Gasteiger partial charge in [0, 0.05) is 17.7 Å². The second-order valence-corrected chi connectivity index (χ2v) is 2.75. The molecule has 0 bridgehead atoms. The zero-order valence-corrected chi connectivity index (χ0v) is 6.78. The summed E-state index contributed by atoms with van der Waals surface area (Å²) in [4.78, 5) is 10.8. The molecule has 1 amide bonds. The molecule has 5 heteroatoms. The quantitative estimate of drug-likeness (QED) is 0.431.